The van der Waals surface area contributed by atoms with E-state index >= 15 is 0 Å². The first-order valence-electron chi connectivity index (χ1n) is 7.87. The van der Waals surface area contributed by atoms with E-state index in [0.717, 1.165) is 30.2 Å². The molecule has 2 rings (SSSR count). The van der Waals surface area contributed by atoms with Crippen molar-refractivity contribution in [3.63, 3.8) is 0 Å². The van der Waals surface area contributed by atoms with Crippen LogP contribution in [0.15, 0.2) is 48.5 Å². The van der Waals surface area contributed by atoms with Gasteiger partial charge in [-0.25, -0.2) is 0 Å². The Bertz CT molecular complexity index is 606. The Morgan fingerprint density at radius 2 is 1.65 bits per heavy atom. The molecule has 1 N–H and O–H groups in total. The number of anilines is 1. The maximum atomic E-state index is 12.1. The van der Waals surface area contributed by atoms with Crippen LogP contribution in [0, 0.1) is 0 Å². The Hall–Kier alpha value is -2.49. The molecular weight excluding hydrogens is 290 g/mol. The molecule has 23 heavy (non-hydrogen) atoms. The molecule has 0 heterocycles. The Labute approximate surface area is 137 Å². The summed E-state index contributed by atoms with van der Waals surface area (Å²) in [4.78, 5) is 12.1. The number of nitrogens with one attached hydrogen (secondary N) is 1. The fourth-order valence-electron chi connectivity index (χ4n) is 2.13. The first kappa shape index (κ1) is 16.9. The van der Waals surface area contributed by atoms with Crippen molar-refractivity contribution in [2.45, 2.75) is 19.8 Å². The molecule has 2 aromatic rings. The Morgan fingerprint density at radius 3 is 2.26 bits per heavy atom. The van der Waals surface area contributed by atoms with Gasteiger partial charge in [0.1, 0.15) is 11.5 Å². The molecule has 0 spiro atoms. The standard InChI is InChI=1S/C19H23NO3/c1-3-14-23-18-10-6-16(7-11-18)20-13-12-19(21)15-4-8-17(22-2)9-5-15/h4-11,20H,3,12-14H2,1-2H3. The van der Waals surface area contributed by atoms with Crippen LogP contribution >= 0.6 is 0 Å². The predicted octanol–water partition coefficient (Wildman–Crippen LogP) is 4.17. The van der Waals surface area contributed by atoms with E-state index in [1.54, 1.807) is 31.4 Å². The smallest absolute Gasteiger partial charge is 0.164 e. The monoisotopic (exact) mass is 313 g/mol. The average Bonchev–Trinajstić information content (AvgIpc) is 2.61. The Kier molecular flexibility index (Phi) is 6.48. The molecule has 0 unspecified atom stereocenters. The second kappa shape index (κ2) is 8.83. The lowest BCUT2D eigenvalue weighted by atomic mass is 10.1. The van der Waals surface area contributed by atoms with Gasteiger partial charge in [0.15, 0.2) is 5.78 Å². The molecule has 0 aromatic heterocycles. The van der Waals surface area contributed by atoms with Crippen LogP contribution < -0.4 is 14.8 Å². The van der Waals surface area contributed by atoms with E-state index in [4.69, 9.17) is 9.47 Å². The van der Waals surface area contributed by atoms with E-state index in [0.29, 0.717) is 18.5 Å². The average molecular weight is 313 g/mol. The third-order valence-electron chi connectivity index (χ3n) is 3.42. The zero-order valence-corrected chi connectivity index (χ0v) is 13.7. The molecule has 0 amide bonds. The van der Waals surface area contributed by atoms with Crippen molar-refractivity contribution in [1.82, 2.24) is 0 Å². The van der Waals surface area contributed by atoms with Crippen molar-refractivity contribution in [2.24, 2.45) is 0 Å². The highest BCUT2D eigenvalue weighted by atomic mass is 16.5. The van der Waals surface area contributed by atoms with E-state index in [9.17, 15) is 4.79 Å². The van der Waals surface area contributed by atoms with E-state index in [-0.39, 0.29) is 5.78 Å². The molecule has 4 nitrogen and oxygen atoms in total. The summed E-state index contributed by atoms with van der Waals surface area (Å²) in [6, 6.07) is 15.0. The van der Waals surface area contributed by atoms with Crippen LogP contribution in [0.25, 0.3) is 0 Å². The lowest BCUT2D eigenvalue weighted by Crippen LogP contribution is -2.08. The summed E-state index contributed by atoms with van der Waals surface area (Å²) in [6.07, 6.45) is 1.44. The number of carbonyl (C=O) groups is 1. The van der Waals surface area contributed by atoms with Crippen LogP contribution in [0.4, 0.5) is 5.69 Å². The van der Waals surface area contributed by atoms with Crippen molar-refractivity contribution in [2.75, 3.05) is 25.6 Å². The minimum absolute atomic E-state index is 0.114. The van der Waals surface area contributed by atoms with Gasteiger partial charge < -0.3 is 14.8 Å². The molecule has 2 aromatic carbocycles. The molecule has 0 aliphatic carbocycles. The zero-order chi connectivity index (χ0) is 16.5. The fourth-order valence-corrected chi connectivity index (χ4v) is 2.13. The number of methoxy groups -OCH3 is 1. The fraction of sp³-hybridized carbons (Fsp3) is 0.316. The third-order valence-corrected chi connectivity index (χ3v) is 3.42. The van der Waals surface area contributed by atoms with Gasteiger partial charge in [-0.3, -0.25) is 4.79 Å². The number of Topliss-reactive ketones (excluding diaryl/α,β-unsaturated/α-hetero) is 1. The van der Waals surface area contributed by atoms with Crippen LogP contribution in [0.3, 0.4) is 0 Å². The van der Waals surface area contributed by atoms with Crippen LogP contribution in [0.2, 0.25) is 0 Å². The summed E-state index contributed by atoms with van der Waals surface area (Å²) in [5.41, 5.74) is 1.69. The summed E-state index contributed by atoms with van der Waals surface area (Å²) in [5, 5.41) is 3.25. The molecular formula is C19H23NO3. The van der Waals surface area contributed by atoms with Gasteiger partial charge in [0, 0.05) is 24.2 Å². The molecule has 0 aliphatic heterocycles. The van der Waals surface area contributed by atoms with Crippen molar-refractivity contribution < 1.29 is 14.3 Å². The van der Waals surface area contributed by atoms with Gasteiger partial charge in [-0.2, -0.15) is 0 Å². The molecule has 4 heteroatoms. The highest BCUT2D eigenvalue weighted by Gasteiger charge is 2.05. The summed E-state index contributed by atoms with van der Waals surface area (Å²) < 4.78 is 10.6. The molecule has 0 bridgehead atoms. The molecule has 0 saturated heterocycles. The minimum atomic E-state index is 0.114. The highest BCUT2D eigenvalue weighted by molar-refractivity contribution is 5.96. The lowest BCUT2D eigenvalue weighted by molar-refractivity contribution is 0.0986. The third kappa shape index (κ3) is 5.33. The van der Waals surface area contributed by atoms with Crippen molar-refractivity contribution in [3.05, 3.63) is 54.1 Å². The maximum absolute atomic E-state index is 12.1. The van der Waals surface area contributed by atoms with Crippen molar-refractivity contribution >= 4 is 11.5 Å². The zero-order valence-electron chi connectivity index (χ0n) is 13.7. The van der Waals surface area contributed by atoms with E-state index in [2.05, 4.69) is 12.2 Å². The predicted molar refractivity (Wildman–Crippen MR) is 92.7 cm³/mol. The van der Waals surface area contributed by atoms with Gasteiger partial charge in [-0.1, -0.05) is 6.92 Å². The molecule has 0 atom stereocenters. The topological polar surface area (TPSA) is 47.6 Å². The number of ketones is 1. The van der Waals surface area contributed by atoms with Crippen molar-refractivity contribution in [1.29, 1.82) is 0 Å². The second-order valence-corrected chi connectivity index (χ2v) is 5.20. The van der Waals surface area contributed by atoms with Gasteiger partial charge >= 0.3 is 0 Å². The minimum Gasteiger partial charge on any atom is -0.497 e. The van der Waals surface area contributed by atoms with Crippen LogP contribution in [0.1, 0.15) is 30.1 Å². The SMILES string of the molecule is CCCOc1ccc(NCCC(=O)c2ccc(OC)cc2)cc1. The van der Waals surface area contributed by atoms with E-state index in [1.807, 2.05) is 24.3 Å². The molecule has 0 aliphatic rings. The summed E-state index contributed by atoms with van der Waals surface area (Å²) in [5.74, 6) is 1.74. The van der Waals surface area contributed by atoms with Gasteiger partial charge in [0.25, 0.3) is 0 Å². The molecule has 0 fully saturated rings. The van der Waals surface area contributed by atoms with Crippen LogP contribution in [-0.4, -0.2) is 26.0 Å². The van der Waals surface area contributed by atoms with Crippen molar-refractivity contribution in [3.8, 4) is 11.5 Å². The Balaban J connectivity index is 1.78. The van der Waals surface area contributed by atoms with Gasteiger partial charge in [-0.15, -0.1) is 0 Å². The van der Waals surface area contributed by atoms with Gasteiger partial charge in [-0.05, 0) is 55.0 Å². The Morgan fingerprint density at radius 1 is 1.00 bits per heavy atom. The summed E-state index contributed by atoms with van der Waals surface area (Å²) in [7, 11) is 1.61. The number of ether oxygens (including phenoxy) is 2. The van der Waals surface area contributed by atoms with E-state index < -0.39 is 0 Å². The number of hydrogen-bond acceptors (Lipinski definition) is 4. The van der Waals surface area contributed by atoms with Gasteiger partial charge in [0.2, 0.25) is 0 Å². The first-order valence-corrected chi connectivity index (χ1v) is 7.87. The quantitative estimate of drug-likeness (QED) is 0.706. The maximum Gasteiger partial charge on any atom is 0.164 e. The van der Waals surface area contributed by atoms with Gasteiger partial charge in [0.05, 0.1) is 13.7 Å². The number of benzene rings is 2. The molecule has 0 radical (unpaired) electrons. The lowest BCUT2D eigenvalue weighted by Gasteiger charge is -2.08. The normalized spacial score (nSPS) is 10.2. The van der Waals surface area contributed by atoms with Crippen LogP contribution in [-0.2, 0) is 0 Å². The largest absolute Gasteiger partial charge is 0.497 e. The molecule has 122 valence electrons. The summed E-state index contributed by atoms with van der Waals surface area (Å²) >= 11 is 0. The molecule has 0 saturated carbocycles. The second-order valence-electron chi connectivity index (χ2n) is 5.20. The number of hydrogen-bond donors (Lipinski definition) is 1. The summed E-state index contributed by atoms with van der Waals surface area (Å²) in [6.45, 7) is 3.40. The highest BCUT2D eigenvalue weighted by Crippen LogP contribution is 2.16. The number of rotatable bonds is 9. The van der Waals surface area contributed by atoms with Crippen LogP contribution in [0.5, 0.6) is 11.5 Å². The first-order chi connectivity index (χ1) is 11.2. The number of carbonyl (C=O) groups excluding carboxylic acids is 1. The van der Waals surface area contributed by atoms with E-state index in [1.165, 1.54) is 0 Å².